The predicted octanol–water partition coefficient (Wildman–Crippen LogP) is 2.33. The number of rotatable bonds is 5. The molecule has 1 fully saturated rings. The lowest BCUT2D eigenvalue weighted by Gasteiger charge is -2.38. The van der Waals surface area contributed by atoms with Crippen LogP contribution in [-0.2, 0) is 4.79 Å². The molecule has 1 saturated heterocycles. The minimum Gasteiger partial charge on any atom is -0.325 e. The number of amides is 1. The van der Waals surface area contributed by atoms with Crippen molar-refractivity contribution in [1.29, 1.82) is 0 Å². The molecule has 2 N–H and O–H groups in total. The number of hydrogen-bond acceptors (Lipinski definition) is 3. The van der Waals surface area contributed by atoms with Gasteiger partial charge in [0.2, 0.25) is 5.91 Å². The molecule has 0 aliphatic carbocycles. The second-order valence-corrected chi connectivity index (χ2v) is 6.01. The van der Waals surface area contributed by atoms with Gasteiger partial charge < -0.3 is 10.6 Å². The summed E-state index contributed by atoms with van der Waals surface area (Å²) in [6, 6.07) is 10.1. The molecule has 4 heteroatoms. The molecular weight excluding hydrogens is 262 g/mol. The molecule has 3 atom stereocenters. The van der Waals surface area contributed by atoms with Crippen molar-refractivity contribution in [3.8, 4) is 0 Å². The maximum Gasteiger partial charge on any atom is 0.241 e. The summed E-state index contributed by atoms with van der Waals surface area (Å²) in [5.74, 6) is 0.703. The summed E-state index contributed by atoms with van der Waals surface area (Å²) in [4.78, 5) is 14.7. The molecule has 1 aromatic rings. The molecule has 1 aromatic carbocycles. The van der Waals surface area contributed by atoms with E-state index in [1.165, 1.54) is 12.8 Å². The number of piperidine rings is 1. The van der Waals surface area contributed by atoms with E-state index in [1.54, 1.807) is 0 Å². The second-order valence-electron chi connectivity index (χ2n) is 6.01. The lowest BCUT2D eigenvalue weighted by Crippen LogP contribution is -2.50. The minimum absolute atomic E-state index is 0.0824. The first kappa shape index (κ1) is 16.0. The van der Waals surface area contributed by atoms with Gasteiger partial charge in [0.1, 0.15) is 0 Å². The van der Waals surface area contributed by atoms with Crippen LogP contribution in [0.3, 0.4) is 0 Å². The number of benzene rings is 1. The van der Waals surface area contributed by atoms with Crippen LogP contribution >= 0.6 is 0 Å². The van der Waals surface area contributed by atoms with Crippen LogP contribution in [0.2, 0.25) is 0 Å². The van der Waals surface area contributed by atoms with Gasteiger partial charge in [-0.2, -0.15) is 0 Å². The SMILES string of the molecule is CNC(C)C1CCCN(C(C)C(=O)Nc2ccccc2)C1. The zero-order chi connectivity index (χ0) is 15.2. The Bertz CT molecular complexity index is 449. The maximum atomic E-state index is 12.4. The third kappa shape index (κ3) is 4.29. The molecule has 3 unspecified atom stereocenters. The second kappa shape index (κ2) is 7.57. The fourth-order valence-corrected chi connectivity index (χ4v) is 2.97. The van der Waals surface area contributed by atoms with E-state index in [4.69, 9.17) is 0 Å². The third-order valence-corrected chi connectivity index (χ3v) is 4.62. The number of carbonyl (C=O) groups excluding carboxylic acids is 1. The van der Waals surface area contributed by atoms with Crippen molar-refractivity contribution < 1.29 is 4.79 Å². The van der Waals surface area contributed by atoms with Crippen molar-refractivity contribution in [2.75, 3.05) is 25.5 Å². The van der Waals surface area contributed by atoms with E-state index in [9.17, 15) is 4.79 Å². The quantitative estimate of drug-likeness (QED) is 0.874. The normalized spacial score (nSPS) is 22.5. The fourth-order valence-electron chi connectivity index (χ4n) is 2.97. The van der Waals surface area contributed by atoms with E-state index >= 15 is 0 Å². The largest absolute Gasteiger partial charge is 0.325 e. The first-order valence-electron chi connectivity index (χ1n) is 7.89. The van der Waals surface area contributed by atoms with Gasteiger partial charge in [0.05, 0.1) is 6.04 Å². The number of para-hydroxylation sites is 1. The molecule has 0 spiro atoms. The highest BCUT2D eigenvalue weighted by atomic mass is 16.2. The fraction of sp³-hybridized carbons (Fsp3) is 0.588. The lowest BCUT2D eigenvalue weighted by molar-refractivity contribution is -0.121. The Morgan fingerprint density at radius 2 is 2.00 bits per heavy atom. The van der Waals surface area contributed by atoms with Crippen LogP contribution < -0.4 is 10.6 Å². The van der Waals surface area contributed by atoms with Gasteiger partial charge in [-0.05, 0) is 58.3 Å². The zero-order valence-electron chi connectivity index (χ0n) is 13.3. The van der Waals surface area contributed by atoms with Gasteiger partial charge in [-0.25, -0.2) is 0 Å². The monoisotopic (exact) mass is 289 g/mol. The molecule has 2 rings (SSSR count). The summed E-state index contributed by atoms with van der Waals surface area (Å²) in [6.45, 7) is 6.23. The Balaban J connectivity index is 1.92. The van der Waals surface area contributed by atoms with Crippen LogP contribution in [0, 0.1) is 5.92 Å². The van der Waals surface area contributed by atoms with Crippen molar-refractivity contribution in [2.45, 2.75) is 38.8 Å². The Labute approximate surface area is 127 Å². The van der Waals surface area contributed by atoms with Crippen molar-refractivity contribution in [1.82, 2.24) is 10.2 Å². The van der Waals surface area contributed by atoms with Crippen molar-refractivity contribution in [2.24, 2.45) is 5.92 Å². The topological polar surface area (TPSA) is 44.4 Å². The Morgan fingerprint density at radius 3 is 2.67 bits per heavy atom. The molecule has 1 heterocycles. The Hall–Kier alpha value is -1.39. The van der Waals surface area contributed by atoms with E-state index in [0.717, 1.165) is 18.8 Å². The highest BCUT2D eigenvalue weighted by Crippen LogP contribution is 2.21. The van der Waals surface area contributed by atoms with Gasteiger partial charge in [-0.15, -0.1) is 0 Å². The molecule has 1 amide bonds. The van der Waals surface area contributed by atoms with Gasteiger partial charge in [-0.3, -0.25) is 9.69 Å². The van der Waals surface area contributed by atoms with Gasteiger partial charge in [0.15, 0.2) is 0 Å². The summed E-state index contributed by atoms with van der Waals surface area (Å²) in [6.07, 6.45) is 2.41. The van der Waals surface area contributed by atoms with Gasteiger partial charge in [0, 0.05) is 18.3 Å². The first-order valence-corrected chi connectivity index (χ1v) is 7.89. The minimum atomic E-state index is -0.0861. The number of carbonyl (C=O) groups is 1. The first-order chi connectivity index (χ1) is 10.1. The summed E-state index contributed by atoms with van der Waals surface area (Å²) in [7, 11) is 2.01. The summed E-state index contributed by atoms with van der Waals surface area (Å²) >= 11 is 0. The average Bonchev–Trinajstić information content (AvgIpc) is 2.54. The van der Waals surface area contributed by atoms with Crippen LogP contribution in [0.4, 0.5) is 5.69 Å². The number of nitrogens with one attached hydrogen (secondary N) is 2. The van der Waals surface area contributed by atoms with Crippen molar-refractivity contribution in [3.05, 3.63) is 30.3 Å². The van der Waals surface area contributed by atoms with Crippen LogP contribution in [0.5, 0.6) is 0 Å². The molecule has 4 nitrogen and oxygen atoms in total. The Morgan fingerprint density at radius 1 is 1.29 bits per heavy atom. The van der Waals surface area contributed by atoms with Gasteiger partial charge in [0.25, 0.3) is 0 Å². The van der Waals surface area contributed by atoms with Crippen LogP contribution in [0.25, 0.3) is 0 Å². The van der Waals surface area contributed by atoms with E-state index in [2.05, 4.69) is 22.5 Å². The lowest BCUT2D eigenvalue weighted by atomic mass is 9.91. The third-order valence-electron chi connectivity index (χ3n) is 4.62. The maximum absolute atomic E-state index is 12.4. The standard InChI is InChI=1S/C17H27N3O/c1-13(18-3)15-8-7-11-20(12-15)14(2)17(21)19-16-9-5-4-6-10-16/h4-6,9-10,13-15,18H,7-8,11-12H2,1-3H3,(H,19,21). The highest BCUT2D eigenvalue weighted by molar-refractivity contribution is 5.94. The van der Waals surface area contributed by atoms with Crippen LogP contribution in [0.15, 0.2) is 30.3 Å². The summed E-state index contributed by atoms with van der Waals surface area (Å²) in [5, 5.41) is 6.34. The molecular formula is C17H27N3O. The zero-order valence-corrected chi connectivity index (χ0v) is 13.3. The van der Waals surface area contributed by atoms with E-state index < -0.39 is 0 Å². The molecule has 1 aliphatic heterocycles. The average molecular weight is 289 g/mol. The van der Waals surface area contributed by atoms with E-state index in [-0.39, 0.29) is 11.9 Å². The predicted molar refractivity (Wildman–Crippen MR) is 87.4 cm³/mol. The molecule has 21 heavy (non-hydrogen) atoms. The van der Waals surface area contributed by atoms with Crippen LogP contribution in [0.1, 0.15) is 26.7 Å². The molecule has 1 aliphatic rings. The molecule has 116 valence electrons. The number of nitrogens with zero attached hydrogens (tertiary/aromatic N) is 1. The smallest absolute Gasteiger partial charge is 0.241 e. The van der Waals surface area contributed by atoms with E-state index in [1.807, 2.05) is 44.3 Å². The molecule has 0 aromatic heterocycles. The summed E-state index contributed by atoms with van der Waals surface area (Å²) < 4.78 is 0. The van der Waals surface area contributed by atoms with Crippen molar-refractivity contribution in [3.63, 3.8) is 0 Å². The van der Waals surface area contributed by atoms with Gasteiger partial charge >= 0.3 is 0 Å². The van der Waals surface area contributed by atoms with Crippen molar-refractivity contribution >= 4 is 11.6 Å². The highest BCUT2D eigenvalue weighted by Gasteiger charge is 2.29. The Kier molecular flexibility index (Phi) is 5.76. The number of likely N-dealkylation sites (tertiary alicyclic amines) is 1. The molecule has 0 radical (unpaired) electrons. The van der Waals surface area contributed by atoms with E-state index in [0.29, 0.717) is 12.0 Å². The molecule has 0 saturated carbocycles. The molecule has 0 bridgehead atoms. The van der Waals surface area contributed by atoms with Crippen LogP contribution in [-0.4, -0.2) is 43.0 Å². The van der Waals surface area contributed by atoms with Gasteiger partial charge in [-0.1, -0.05) is 18.2 Å². The number of hydrogen-bond donors (Lipinski definition) is 2. The number of anilines is 1. The summed E-state index contributed by atoms with van der Waals surface area (Å²) in [5.41, 5.74) is 0.867.